The number of rotatable bonds is 8. The number of anilines is 1. The van der Waals surface area contributed by atoms with Crippen molar-refractivity contribution in [3.05, 3.63) is 128 Å². The van der Waals surface area contributed by atoms with E-state index in [0.29, 0.717) is 34.7 Å². The molecular weight excluding hydrogens is 562 g/mol. The number of nitro benzene ring substituents is 1. The van der Waals surface area contributed by atoms with Gasteiger partial charge in [0.25, 0.3) is 11.6 Å². The number of hydrogen-bond acceptors (Lipinski definition) is 6. The highest BCUT2D eigenvalue weighted by molar-refractivity contribution is 9.10. The molecule has 0 aromatic heterocycles. The number of halogens is 1. The Kier molecular flexibility index (Phi) is 7.51. The summed E-state index contributed by atoms with van der Waals surface area (Å²) in [7, 11) is 3.14. The minimum absolute atomic E-state index is 0.131. The number of non-ortho nitro benzene ring substituents is 1. The molecule has 9 heteroatoms. The van der Waals surface area contributed by atoms with Crippen LogP contribution in [0.1, 0.15) is 33.2 Å². The van der Waals surface area contributed by atoms with Crippen molar-refractivity contribution in [2.24, 2.45) is 0 Å². The van der Waals surface area contributed by atoms with Gasteiger partial charge in [-0.25, -0.2) is 0 Å². The van der Waals surface area contributed by atoms with E-state index in [0.717, 1.165) is 16.7 Å². The monoisotopic (exact) mass is 587 g/mol. The van der Waals surface area contributed by atoms with Crippen LogP contribution >= 0.6 is 15.9 Å². The smallest absolute Gasteiger partial charge is 0.270 e. The molecule has 1 aliphatic rings. The zero-order valence-electron chi connectivity index (χ0n) is 21.4. The van der Waals surface area contributed by atoms with Crippen LogP contribution in [0.2, 0.25) is 0 Å². The van der Waals surface area contributed by atoms with E-state index < -0.39 is 11.1 Å². The van der Waals surface area contributed by atoms with E-state index >= 15 is 0 Å². The molecule has 0 radical (unpaired) electrons. The Morgan fingerprint density at radius 3 is 2.03 bits per heavy atom. The second-order valence-corrected chi connectivity index (χ2v) is 9.96. The summed E-state index contributed by atoms with van der Waals surface area (Å²) in [6, 6.07) is 27.9. The number of fused-ring (bicyclic) bond motifs is 1. The van der Waals surface area contributed by atoms with Gasteiger partial charge in [-0.05, 0) is 50.8 Å². The quantitative estimate of drug-likeness (QED) is 0.168. The fourth-order valence-corrected chi connectivity index (χ4v) is 5.58. The number of carbonyl (C=O) groups is 1. The van der Waals surface area contributed by atoms with Gasteiger partial charge in [-0.15, -0.1) is 0 Å². The first-order valence-electron chi connectivity index (χ1n) is 12.3. The second-order valence-electron chi connectivity index (χ2n) is 9.10. The minimum Gasteiger partial charge on any atom is -0.493 e. The molecule has 5 rings (SSSR count). The zero-order valence-corrected chi connectivity index (χ0v) is 23.0. The normalized spacial score (nSPS) is 14.6. The van der Waals surface area contributed by atoms with E-state index in [1.807, 2.05) is 72.8 Å². The Balaban J connectivity index is 1.74. The summed E-state index contributed by atoms with van der Waals surface area (Å²) in [5.41, 5.74) is 3.53. The lowest BCUT2D eigenvalue weighted by atomic mass is 9.98. The third kappa shape index (κ3) is 5.18. The average Bonchev–Trinajstić information content (AvgIpc) is 2.95. The first-order valence-corrected chi connectivity index (χ1v) is 13.1. The van der Waals surface area contributed by atoms with Crippen LogP contribution in [0.4, 0.5) is 11.4 Å². The topological polar surface area (TPSA) is 85.1 Å². The van der Waals surface area contributed by atoms with Crippen molar-refractivity contribution >= 4 is 33.2 Å². The standard InChI is InChI=1S/C30H26BrN3O5/c1-38-27-16-22(15-25(31)28(27)39-2)29-32(18-20-9-5-3-6-10-20)26-14-13-23(34(36)37)17-24(26)30(35)33(29)19-21-11-7-4-8-12-21/h3-17,29H,18-19H2,1-2H3/t29-/m0/s1. The van der Waals surface area contributed by atoms with Crippen molar-refractivity contribution in [1.82, 2.24) is 4.90 Å². The van der Waals surface area contributed by atoms with Gasteiger partial charge in [0.15, 0.2) is 11.5 Å². The van der Waals surface area contributed by atoms with Gasteiger partial charge >= 0.3 is 0 Å². The molecule has 1 atom stereocenters. The third-order valence-electron chi connectivity index (χ3n) is 6.73. The number of amides is 1. The Morgan fingerprint density at radius 2 is 1.46 bits per heavy atom. The van der Waals surface area contributed by atoms with Gasteiger partial charge in [0.1, 0.15) is 6.17 Å². The Bertz CT molecular complexity index is 1510. The van der Waals surface area contributed by atoms with E-state index in [1.165, 1.54) is 12.1 Å². The van der Waals surface area contributed by atoms with Crippen molar-refractivity contribution in [2.75, 3.05) is 19.1 Å². The maximum Gasteiger partial charge on any atom is 0.270 e. The lowest BCUT2D eigenvalue weighted by Crippen LogP contribution is -2.48. The van der Waals surface area contributed by atoms with E-state index in [2.05, 4.69) is 20.8 Å². The molecule has 198 valence electrons. The first-order chi connectivity index (χ1) is 18.9. The van der Waals surface area contributed by atoms with Crippen LogP contribution in [-0.2, 0) is 13.1 Å². The van der Waals surface area contributed by atoms with Gasteiger partial charge in [0, 0.05) is 25.2 Å². The fourth-order valence-electron chi connectivity index (χ4n) is 4.96. The molecule has 0 aliphatic carbocycles. The lowest BCUT2D eigenvalue weighted by Gasteiger charge is -2.46. The van der Waals surface area contributed by atoms with E-state index in [1.54, 1.807) is 25.2 Å². The van der Waals surface area contributed by atoms with Crippen LogP contribution in [0.5, 0.6) is 11.5 Å². The lowest BCUT2D eigenvalue weighted by molar-refractivity contribution is -0.384. The van der Waals surface area contributed by atoms with Crippen molar-refractivity contribution in [3.8, 4) is 11.5 Å². The predicted molar refractivity (Wildman–Crippen MR) is 152 cm³/mol. The third-order valence-corrected chi connectivity index (χ3v) is 7.32. The molecule has 1 aliphatic heterocycles. The molecule has 0 fully saturated rings. The molecule has 0 unspecified atom stereocenters. The van der Waals surface area contributed by atoms with Crippen molar-refractivity contribution in [3.63, 3.8) is 0 Å². The number of benzene rings is 4. The fraction of sp³-hybridized carbons (Fsp3) is 0.167. The molecule has 0 saturated carbocycles. The zero-order chi connectivity index (χ0) is 27.5. The summed E-state index contributed by atoms with van der Waals surface area (Å²) in [5.74, 6) is 0.768. The minimum atomic E-state index is -0.553. The number of nitro groups is 1. The van der Waals surface area contributed by atoms with Crippen molar-refractivity contribution < 1.29 is 19.2 Å². The summed E-state index contributed by atoms with van der Waals surface area (Å²) in [4.78, 5) is 29.2. The van der Waals surface area contributed by atoms with Crippen LogP contribution in [0.15, 0.2) is 95.5 Å². The number of carbonyl (C=O) groups excluding carboxylic acids is 1. The molecule has 0 saturated heterocycles. The molecule has 4 aromatic carbocycles. The molecule has 0 N–H and O–H groups in total. The van der Waals surface area contributed by atoms with Crippen LogP contribution < -0.4 is 14.4 Å². The molecule has 4 aromatic rings. The van der Waals surface area contributed by atoms with Gasteiger partial charge in [0.2, 0.25) is 0 Å². The number of ether oxygens (including phenoxy) is 2. The van der Waals surface area contributed by atoms with Crippen LogP contribution in [0.25, 0.3) is 0 Å². The first kappa shape index (κ1) is 26.2. The van der Waals surface area contributed by atoms with E-state index in [-0.39, 0.29) is 17.2 Å². The molecular formula is C30H26BrN3O5. The molecule has 0 spiro atoms. The Labute approximate surface area is 234 Å². The summed E-state index contributed by atoms with van der Waals surface area (Å²) in [5, 5.41) is 11.6. The number of nitrogens with zero attached hydrogens (tertiary/aromatic N) is 3. The number of methoxy groups -OCH3 is 2. The summed E-state index contributed by atoms with van der Waals surface area (Å²) >= 11 is 3.61. The molecule has 1 heterocycles. The highest BCUT2D eigenvalue weighted by Gasteiger charge is 2.40. The Hall–Kier alpha value is -4.37. The molecule has 39 heavy (non-hydrogen) atoms. The SMILES string of the molecule is COc1cc([C@@H]2N(Cc3ccccc3)C(=O)c3cc([N+](=O)[O-])ccc3N2Cc2ccccc2)cc(Br)c1OC. The van der Waals surface area contributed by atoms with Gasteiger partial charge < -0.3 is 19.3 Å². The van der Waals surface area contributed by atoms with Gasteiger partial charge in [-0.3, -0.25) is 14.9 Å². The van der Waals surface area contributed by atoms with Gasteiger partial charge in [-0.2, -0.15) is 0 Å². The summed E-state index contributed by atoms with van der Waals surface area (Å²) in [6.45, 7) is 0.755. The molecule has 1 amide bonds. The van der Waals surface area contributed by atoms with Crippen molar-refractivity contribution in [1.29, 1.82) is 0 Å². The van der Waals surface area contributed by atoms with E-state index in [9.17, 15) is 14.9 Å². The van der Waals surface area contributed by atoms with E-state index in [4.69, 9.17) is 9.47 Å². The van der Waals surface area contributed by atoms with Crippen LogP contribution in [-0.4, -0.2) is 29.9 Å². The largest absolute Gasteiger partial charge is 0.493 e. The highest BCUT2D eigenvalue weighted by Crippen LogP contribution is 2.45. The average molecular weight is 588 g/mol. The second kappa shape index (κ2) is 11.2. The van der Waals surface area contributed by atoms with Gasteiger partial charge in [-0.1, -0.05) is 60.7 Å². The van der Waals surface area contributed by atoms with Crippen LogP contribution in [0.3, 0.4) is 0 Å². The molecule has 0 bridgehead atoms. The maximum absolute atomic E-state index is 14.1. The maximum atomic E-state index is 14.1. The van der Waals surface area contributed by atoms with Gasteiger partial charge in [0.05, 0.1) is 34.9 Å². The summed E-state index contributed by atoms with van der Waals surface area (Å²) in [6.07, 6.45) is -0.553. The van der Waals surface area contributed by atoms with Crippen LogP contribution in [0, 0.1) is 10.1 Å². The molecule has 8 nitrogen and oxygen atoms in total. The Morgan fingerprint density at radius 1 is 0.846 bits per heavy atom. The van der Waals surface area contributed by atoms with Crippen molar-refractivity contribution in [2.45, 2.75) is 19.3 Å². The number of hydrogen-bond donors (Lipinski definition) is 0. The highest BCUT2D eigenvalue weighted by atomic mass is 79.9. The summed E-state index contributed by atoms with van der Waals surface area (Å²) < 4.78 is 11.9. The predicted octanol–water partition coefficient (Wildman–Crippen LogP) is 6.74.